The van der Waals surface area contributed by atoms with Gasteiger partial charge in [-0.3, -0.25) is 9.59 Å². The van der Waals surface area contributed by atoms with Crippen LogP contribution in [0.1, 0.15) is 53.3 Å². The van der Waals surface area contributed by atoms with Crippen molar-refractivity contribution >= 4 is 39.2 Å². The highest BCUT2D eigenvalue weighted by Gasteiger charge is 2.45. The van der Waals surface area contributed by atoms with Crippen molar-refractivity contribution in [2.45, 2.75) is 46.1 Å². The van der Waals surface area contributed by atoms with Gasteiger partial charge < -0.3 is 15.2 Å². The van der Waals surface area contributed by atoms with Gasteiger partial charge in [-0.05, 0) is 37.0 Å². The number of hydrogen-bond acceptors (Lipinski definition) is 4. The molecule has 0 atom stereocenters. The van der Waals surface area contributed by atoms with E-state index in [9.17, 15) is 9.59 Å². The maximum Gasteiger partial charge on any atom is 0.270 e. The van der Waals surface area contributed by atoms with Crippen LogP contribution in [0.4, 0.5) is 5.13 Å². The van der Waals surface area contributed by atoms with Gasteiger partial charge in [0.1, 0.15) is 5.69 Å². The minimum absolute atomic E-state index is 0.0124. The maximum atomic E-state index is 13.1. The second-order valence-electron chi connectivity index (χ2n) is 8.30. The summed E-state index contributed by atoms with van der Waals surface area (Å²) < 4.78 is 0. The molecule has 3 aromatic rings. The van der Waals surface area contributed by atoms with E-state index in [1.807, 2.05) is 30.0 Å². The van der Waals surface area contributed by atoms with Gasteiger partial charge in [-0.15, -0.1) is 0 Å². The molecule has 5 rings (SSSR count). The number of nitrogens with zero attached hydrogens (tertiary/aromatic N) is 2. The van der Waals surface area contributed by atoms with Crippen molar-refractivity contribution in [1.82, 2.24) is 14.9 Å². The van der Waals surface area contributed by atoms with Gasteiger partial charge in [0, 0.05) is 34.2 Å². The Balaban J connectivity index is 1.34. The third-order valence-corrected chi connectivity index (χ3v) is 7.15. The highest BCUT2D eigenvalue weighted by Crippen LogP contribution is 2.46. The topological polar surface area (TPSA) is 78.1 Å². The number of aromatic amines is 1. The van der Waals surface area contributed by atoms with Crippen LogP contribution in [-0.4, -0.2) is 33.2 Å². The van der Waals surface area contributed by atoms with Crippen LogP contribution < -0.4 is 5.32 Å². The summed E-state index contributed by atoms with van der Waals surface area (Å²) in [7, 11) is 0. The van der Waals surface area contributed by atoms with Crippen molar-refractivity contribution in [3.05, 3.63) is 46.1 Å². The van der Waals surface area contributed by atoms with Crippen LogP contribution in [0.25, 0.3) is 10.9 Å². The molecular formula is C22H24N4O2S. The standard InChI is InChI=1S/C22H24N4O2S/c1-3-13-5-4-6-15-14(13)11-17(23-15)19(27)26-10-7-16-18(12-26)29-21(24-16)25-20(28)22(2)8-9-22/h4-6,11,23H,3,7-10,12H2,1-2H3,(H,24,25,28). The van der Waals surface area contributed by atoms with Crippen LogP contribution in [0.2, 0.25) is 0 Å². The average Bonchev–Trinajstić information content (AvgIpc) is 3.16. The number of fused-ring (bicyclic) bond motifs is 2. The number of H-pyrrole nitrogens is 1. The highest BCUT2D eigenvalue weighted by molar-refractivity contribution is 7.15. The second kappa shape index (κ2) is 6.69. The van der Waals surface area contributed by atoms with Crippen LogP contribution in [0, 0.1) is 5.41 Å². The third-order valence-electron chi connectivity index (χ3n) is 6.15. The van der Waals surface area contributed by atoms with Gasteiger partial charge in [-0.25, -0.2) is 4.98 Å². The largest absolute Gasteiger partial charge is 0.351 e. The molecule has 150 valence electrons. The number of amides is 2. The molecule has 2 aliphatic rings. The first-order valence-electron chi connectivity index (χ1n) is 10.2. The summed E-state index contributed by atoms with van der Waals surface area (Å²) in [5.74, 6) is 0.0692. The van der Waals surface area contributed by atoms with Gasteiger partial charge in [0.2, 0.25) is 5.91 Å². The molecule has 3 heterocycles. The lowest BCUT2D eigenvalue weighted by Gasteiger charge is -2.25. The Morgan fingerprint density at radius 3 is 2.93 bits per heavy atom. The van der Waals surface area contributed by atoms with Crippen LogP contribution in [0.3, 0.4) is 0 Å². The van der Waals surface area contributed by atoms with Gasteiger partial charge >= 0.3 is 0 Å². The molecule has 2 amide bonds. The zero-order chi connectivity index (χ0) is 20.2. The molecule has 0 spiro atoms. The molecule has 6 nitrogen and oxygen atoms in total. The number of anilines is 1. The van der Waals surface area contributed by atoms with Gasteiger partial charge in [0.05, 0.1) is 12.2 Å². The van der Waals surface area contributed by atoms with E-state index >= 15 is 0 Å². The van der Waals surface area contributed by atoms with Crippen molar-refractivity contribution in [2.24, 2.45) is 5.41 Å². The Morgan fingerprint density at radius 1 is 1.34 bits per heavy atom. The van der Waals surface area contributed by atoms with E-state index < -0.39 is 0 Å². The van der Waals surface area contributed by atoms with E-state index in [1.165, 1.54) is 16.9 Å². The summed E-state index contributed by atoms with van der Waals surface area (Å²) in [5, 5.41) is 4.74. The number of hydrogen-bond donors (Lipinski definition) is 2. The van der Waals surface area contributed by atoms with E-state index in [0.29, 0.717) is 30.3 Å². The summed E-state index contributed by atoms with van der Waals surface area (Å²) in [6.45, 7) is 5.28. The molecule has 1 fully saturated rings. The molecule has 0 bridgehead atoms. The van der Waals surface area contributed by atoms with Crippen molar-refractivity contribution in [3.8, 4) is 0 Å². The molecule has 1 aromatic carbocycles. The first-order chi connectivity index (χ1) is 14.0. The normalized spacial score (nSPS) is 17.2. The molecule has 1 aliphatic carbocycles. The van der Waals surface area contributed by atoms with Crippen molar-refractivity contribution < 1.29 is 9.59 Å². The highest BCUT2D eigenvalue weighted by atomic mass is 32.1. The van der Waals surface area contributed by atoms with Crippen LogP contribution in [0.5, 0.6) is 0 Å². The Bertz CT molecular complexity index is 1130. The quantitative estimate of drug-likeness (QED) is 0.681. The zero-order valence-electron chi connectivity index (χ0n) is 16.7. The summed E-state index contributed by atoms with van der Waals surface area (Å²) in [6, 6.07) is 8.11. The van der Waals surface area contributed by atoms with Crippen LogP contribution in [0.15, 0.2) is 24.3 Å². The summed E-state index contributed by atoms with van der Waals surface area (Å²) in [4.78, 5) is 36.2. The number of aryl methyl sites for hydroxylation is 1. The molecule has 1 aliphatic heterocycles. The number of carbonyl (C=O) groups is 2. The minimum Gasteiger partial charge on any atom is -0.351 e. The van der Waals surface area contributed by atoms with Crippen molar-refractivity contribution in [1.29, 1.82) is 0 Å². The molecular weight excluding hydrogens is 384 g/mol. The van der Waals surface area contributed by atoms with Crippen LogP contribution in [-0.2, 0) is 24.2 Å². The molecule has 0 unspecified atom stereocenters. The zero-order valence-corrected chi connectivity index (χ0v) is 17.5. The number of rotatable bonds is 4. The molecule has 2 aromatic heterocycles. The van der Waals surface area contributed by atoms with E-state index in [-0.39, 0.29) is 17.2 Å². The smallest absolute Gasteiger partial charge is 0.270 e. The number of carbonyl (C=O) groups excluding carboxylic acids is 2. The molecule has 1 saturated carbocycles. The SMILES string of the molecule is CCc1cccc2[nH]c(C(=O)N3CCc4nc(NC(=O)C5(C)CC5)sc4C3)cc12. The Kier molecular flexibility index (Phi) is 4.24. The van der Waals surface area contributed by atoms with Crippen LogP contribution >= 0.6 is 11.3 Å². The van der Waals surface area contributed by atoms with Gasteiger partial charge in [0.15, 0.2) is 5.13 Å². The van der Waals surface area contributed by atoms with Gasteiger partial charge in [-0.1, -0.05) is 37.3 Å². The lowest BCUT2D eigenvalue weighted by Crippen LogP contribution is -2.35. The minimum atomic E-state index is -0.221. The lowest BCUT2D eigenvalue weighted by molar-refractivity contribution is -0.120. The number of aromatic nitrogens is 2. The van der Waals surface area contributed by atoms with E-state index in [1.54, 1.807) is 0 Å². The van der Waals surface area contributed by atoms with Gasteiger partial charge in [0.25, 0.3) is 5.91 Å². The Morgan fingerprint density at radius 2 is 2.17 bits per heavy atom. The fraction of sp³-hybridized carbons (Fsp3) is 0.409. The summed E-state index contributed by atoms with van der Waals surface area (Å²) in [5.41, 5.74) is 3.65. The third kappa shape index (κ3) is 3.23. The van der Waals surface area contributed by atoms with E-state index in [4.69, 9.17) is 0 Å². The van der Waals surface area contributed by atoms with E-state index in [0.717, 1.165) is 40.7 Å². The fourth-order valence-electron chi connectivity index (χ4n) is 3.90. The fourth-order valence-corrected chi connectivity index (χ4v) is 4.92. The van der Waals surface area contributed by atoms with Crippen molar-refractivity contribution in [3.63, 3.8) is 0 Å². The predicted molar refractivity (Wildman–Crippen MR) is 114 cm³/mol. The first kappa shape index (κ1) is 18.4. The van der Waals surface area contributed by atoms with E-state index in [2.05, 4.69) is 28.3 Å². The molecule has 0 saturated heterocycles. The molecule has 0 radical (unpaired) electrons. The summed E-state index contributed by atoms with van der Waals surface area (Å²) in [6.07, 6.45) is 3.53. The lowest BCUT2D eigenvalue weighted by atomic mass is 10.1. The maximum absolute atomic E-state index is 13.1. The summed E-state index contributed by atoms with van der Waals surface area (Å²) >= 11 is 1.49. The average molecular weight is 409 g/mol. The predicted octanol–water partition coefficient (Wildman–Crippen LogP) is 4.12. The molecule has 29 heavy (non-hydrogen) atoms. The number of nitrogens with one attached hydrogen (secondary N) is 2. The van der Waals surface area contributed by atoms with Crippen molar-refractivity contribution in [2.75, 3.05) is 11.9 Å². The Hall–Kier alpha value is -2.67. The second-order valence-corrected chi connectivity index (χ2v) is 9.38. The molecule has 2 N–H and O–H groups in total. The monoisotopic (exact) mass is 408 g/mol. The Labute approximate surface area is 173 Å². The number of thiazole rings is 1. The number of benzene rings is 1. The first-order valence-corrected chi connectivity index (χ1v) is 11.0. The van der Waals surface area contributed by atoms with Gasteiger partial charge in [-0.2, -0.15) is 0 Å². The molecule has 7 heteroatoms.